The zero-order chi connectivity index (χ0) is 20.5. The van der Waals surface area contributed by atoms with E-state index >= 15 is 0 Å². The van der Waals surface area contributed by atoms with Crippen molar-refractivity contribution in [3.05, 3.63) is 57.7 Å². The Morgan fingerprint density at radius 3 is 2.73 bits per heavy atom. The Hall–Kier alpha value is -2.55. The zero-order valence-corrected chi connectivity index (χ0v) is 18.5. The molecular weight excluding hydrogens is 414 g/mol. The van der Waals surface area contributed by atoms with E-state index in [4.69, 9.17) is 4.98 Å². The molecule has 0 N–H and O–H groups in total. The fourth-order valence-electron chi connectivity index (χ4n) is 3.93. The summed E-state index contributed by atoms with van der Waals surface area (Å²) in [7, 11) is 0. The molecule has 0 bridgehead atoms. The Morgan fingerprint density at radius 1 is 1.17 bits per heavy atom. The maximum atomic E-state index is 13.5. The molecule has 5 heterocycles. The SMILES string of the molecule is CCn1ncc2c(C(=O)N3CCN(Cc4ccsc4)CC3)cc(-c3cccs3)nc21. The first-order valence-electron chi connectivity index (χ1n) is 10.2. The number of pyridine rings is 1. The standard InChI is InChI=1S/C22H23N5OS2/c1-2-27-21-18(13-23-27)17(12-19(24-21)20-4-3-10-30-20)22(28)26-8-6-25(7-9-26)14-16-5-11-29-15-16/h3-5,10-13,15H,2,6-9,14H2,1H3. The van der Waals surface area contributed by atoms with Crippen LogP contribution >= 0.6 is 22.7 Å². The van der Waals surface area contributed by atoms with Gasteiger partial charge in [-0.3, -0.25) is 9.69 Å². The summed E-state index contributed by atoms with van der Waals surface area (Å²) in [5.41, 5.74) is 3.67. The highest BCUT2D eigenvalue weighted by molar-refractivity contribution is 7.13. The van der Waals surface area contributed by atoms with Gasteiger partial charge in [0, 0.05) is 39.3 Å². The molecule has 1 saturated heterocycles. The number of aromatic nitrogens is 3. The molecule has 4 aromatic rings. The van der Waals surface area contributed by atoms with Crippen LogP contribution in [0.15, 0.2) is 46.6 Å². The summed E-state index contributed by atoms with van der Waals surface area (Å²) in [6.07, 6.45) is 1.78. The molecule has 1 aliphatic rings. The van der Waals surface area contributed by atoms with Crippen LogP contribution in [-0.2, 0) is 13.1 Å². The molecule has 0 atom stereocenters. The summed E-state index contributed by atoms with van der Waals surface area (Å²) in [4.78, 5) is 23.8. The molecule has 4 aromatic heterocycles. The Bertz CT molecular complexity index is 1140. The van der Waals surface area contributed by atoms with E-state index in [0.717, 1.165) is 60.9 Å². The fraction of sp³-hybridized carbons (Fsp3) is 0.318. The lowest BCUT2D eigenvalue weighted by atomic mass is 10.1. The molecule has 1 fully saturated rings. The predicted octanol–water partition coefficient (Wildman–Crippen LogP) is 4.20. The topological polar surface area (TPSA) is 54.3 Å². The summed E-state index contributed by atoms with van der Waals surface area (Å²) in [5, 5.41) is 11.6. The van der Waals surface area contributed by atoms with Gasteiger partial charge in [0.2, 0.25) is 0 Å². The van der Waals surface area contributed by atoms with E-state index in [1.807, 2.05) is 40.1 Å². The molecule has 0 saturated carbocycles. The lowest BCUT2D eigenvalue weighted by molar-refractivity contribution is 0.0630. The third kappa shape index (κ3) is 3.66. The van der Waals surface area contributed by atoms with Crippen molar-refractivity contribution in [1.29, 1.82) is 0 Å². The van der Waals surface area contributed by atoms with Gasteiger partial charge in [0.15, 0.2) is 5.65 Å². The minimum atomic E-state index is 0.0750. The molecule has 1 aliphatic heterocycles. The third-order valence-corrected chi connectivity index (χ3v) is 7.18. The van der Waals surface area contributed by atoms with E-state index in [-0.39, 0.29) is 5.91 Å². The number of rotatable bonds is 5. The molecule has 0 aromatic carbocycles. The number of hydrogen-bond donors (Lipinski definition) is 0. The normalized spacial score (nSPS) is 15.2. The second kappa shape index (κ2) is 8.29. The largest absolute Gasteiger partial charge is 0.336 e. The molecule has 1 amide bonds. The summed E-state index contributed by atoms with van der Waals surface area (Å²) in [6, 6.07) is 8.17. The minimum Gasteiger partial charge on any atom is -0.336 e. The van der Waals surface area contributed by atoms with Crippen molar-refractivity contribution in [3.8, 4) is 10.6 Å². The van der Waals surface area contributed by atoms with Gasteiger partial charge in [-0.2, -0.15) is 16.4 Å². The Labute approximate surface area is 183 Å². The van der Waals surface area contributed by atoms with Crippen LogP contribution in [-0.4, -0.2) is 56.7 Å². The number of thiophene rings is 2. The van der Waals surface area contributed by atoms with Crippen molar-refractivity contribution in [2.45, 2.75) is 20.0 Å². The summed E-state index contributed by atoms with van der Waals surface area (Å²) < 4.78 is 1.86. The number of hydrogen-bond acceptors (Lipinski definition) is 6. The first-order valence-corrected chi connectivity index (χ1v) is 12.0. The number of carbonyl (C=O) groups is 1. The number of carbonyl (C=O) groups excluding carboxylic acids is 1. The van der Waals surface area contributed by atoms with Crippen LogP contribution in [0.1, 0.15) is 22.8 Å². The van der Waals surface area contributed by atoms with Gasteiger partial charge in [-0.05, 0) is 46.8 Å². The molecule has 8 heteroatoms. The number of aryl methyl sites for hydroxylation is 1. The first kappa shape index (κ1) is 19.4. The van der Waals surface area contributed by atoms with Gasteiger partial charge < -0.3 is 4.90 Å². The monoisotopic (exact) mass is 437 g/mol. The second-order valence-electron chi connectivity index (χ2n) is 7.43. The van der Waals surface area contributed by atoms with E-state index < -0.39 is 0 Å². The van der Waals surface area contributed by atoms with Gasteiger partial charge in [0.25, 0.3) is 5.91 Å². The van der Waals surface area contributed by atoms with Gasteiger partial charge in [-0.25, -0.2) is 9.67 Å². The smallest absolute Gasteiger partial charge is 0.254 e. The van der Waals surface area contributed by atoms with E-state index in [1.165, 1.54) is 5.56 Å². The number of piperazine rings is 1. The van der Waals surface area contributed by atoms with Crippen LogP contribution in [0.4, 0.5) is 0 Å². The lowest BCUT2D eigenvalue weighted by Gasteiger charge is -2.34. The summed E-state index contributed by atoms with van der Waals surface area (Å²) in [6.45, 7) is 6.98. The van der Waals surface area contributed by atoms with Gasteiger partial charge >= 0.3 is 0 Å². The highest BCUT2D eigenvalue weighted by Crippen LogP contribution is 2.29. The first-order chi connectivity index (χ1) is 14.7. The average molecular weight is 438 g/mol. The van der Waals surface area contributed by atoms with Crippen molar-refractivity contribution >= 4 is 39.6 Å². The van der Waals surface area contributed by atoms with Crippen LogP contribution in [0.2, 0.25) is 0 Å². The summed E-state index contributed by atoms with van der Waals surface area (Å²) in [5.74, 6) is 0.0750. The molecule has 154 valence electrons. The van der Waals surface area contributed by atoms with Crippen molar-refractivity contribution in [3.63, 3.8) is 0 Å². The van der Waals surface area contributed by atoms with E-state index in [1.54, 1.807) is 28.9 Å². The van der Waals surface area contributed by atoms with Crippen molar-refractivity contribution in [2.24, 2.45) is 0 Å². The predicted molar refractivity (Wildman–Crippen MR) is 122 cm³/mol. The van der Waals surface area contributed by atoms with Crippen LogP contribution in [0.5, 0.6) is 0 Å². The lowest BCUT2D eigenvalue weighted by Crippen LogP contribution is -2.48. The van der Waals surface area contributed by atoms with E-state index in [2.05, 4.69) is 26.8 Å². The number of amides is 1. The highest BCUT2D eigenvalue weighted by Gasteiger charge is 2.25. The molecule has 0 spiro atoms. The van der Waals surface area contributed by atoms with Gasteiger partial charge in [0.05, 0.1) is 27.7 Å². The molecule has 6 nitrogen and oxygen atoms in total. The van der Waals surface area contributed by atoms with Crippen LogP contribution in [0.25, 0.3) is 21.6 Å². The Balaban J connectivity index is 1.41. The Kier molecular flexibility index (Phi) is 5.37. The van der Waals surface area contributed by atoms with Crippen molar-refractivity contribution in [2.75, 3.05) is 26.2 Å². The molecule has 30 heavy (non-hydrogen) atoms. The van der Waals surface area contributed by atoms with Gasteiger partial charge in [0.1, 0.15) is 0 Å². The molecule has 0 aliphatic carbocycles. The molecule has 5 rings (SSSR count). The van der Waals surface area contributed by atoms with Crippen LogP contribution in [0, 0.1) is 0 Å². The molecule has 0 radical (unpaired) electrons. The minimum absolute atomic E-state index is 0.0750. The quantitative estimate of drug-likeness (QED) is 0.470. The third-order valence-electron chi connectivity index (χ3n) is 5.56. The molecular formula is C22H23N5OS2. The molecule has 0 unspecified atom stereocenters. The zero-order valence-electron chi connectivity index (χ0n) is 16.8. The van der Waals surface area contributed by atoms with Crippen molar-refractivity contribution in [1.82, 2.24) is 24.6 Å². The van der Waals surface area contributed by atoms with Crippen LogP contribution < -0.4 is 0 Å². The van der Waals surface area contributed by atoms with E-state index in [9.17, 15) is 4.79 Å². The maximum Gasteiger partial charge on any atom is 0.254 e. The van der Waals surface area contributed by atoms with Crippen LogP contribution in [0.3, 0.4) is 0 Å². The number of nitrogens with zero attached hydrogens (tertiary/aromatic N) is 5. The fourth-order valence-corrected chi connectivity index (χ4v) is 5.27. The van der Waals surface area contributed by atoms with E-state index in [0.29, 0.717) is 5.56 Å². The van der Waals surface area contributed by atoms with Crippen molar-refractivity contribution < 1.29 is 4.79 Å². The Morgan fingerprint density at radius 2 is 2.03 bits per heavy atom. The van der Waals surface area contributed by atoms with Gasteiger partial charge in [-0.15, -0.1) is 11.3 Å². The maximum absolute atomic E-state index is 13.5. The average Bonchev–Trinajstić information content (AvgIpc) is 3.54. The van der Waals surface area contributed by atoms with Gasteiger partial charge in [-0.1, -0.05) is 6.07 Å². The highest BCUT2D eigenvalue weighted by atomic mass is 32.1. The number of fused-ring (bicyclic) bond motifs is 1. The summed E-state index contributed by atoms with van der Waals surface area (Å²) >= 11 is 3.37. The second-order valence-corrected chi connectivity index (χ2v) is 9.16.